The van der Waals surface area contributed by atoms with Crippen LogP contribution in [0, 0.1) is 0 Å². The molecule has 0 aliphatic carbocycles. The molecule has 17 heavy (non-hydrogen) atoms. The maximum atomic E-state index is 11.1. The monoisotopic (exact) mass is 243 g/mol. The van der Waals surface area contributed by atoms with Gasteiger partial charge in [-0.1, -0.05) is 20.3 Å². The molecular formula is C13H29N3O. The average Bonchev–Trinajstić information content (AvgIpc) is 2.32. The first-order valence-corrected chi connectivity index (χ1v) is 6.77. The number of primary amides is 1. The predicted octanol–water partition coefficient (Wildman–Crippen LogP) is 1.35. The second-order valence-corrected chi connectivity index (χ2v) is 4.68. The molecule has 102 valence electrons. The SMILES string of the molecule is CCCCN(CCC(NC)C(N)=O)C(C)CC. The number of likely N-dealkylation sites (N-methyl/N-ethyl adjacent to an activating group) is 1. The van der Waals surface area contributed by atoms with Gasteiger partial charge in [-0.25, -0.2) is 0 Å². The van der Waals surface area contributed by atoms with Crippen molar-refractivity contribution in [2.45, 2.75) is 58.5 Å². The number of carbonyl (C=O) groups excluding carboxylic acids is 1. The van der Waals surface area contributed by atoms with Crippen molar-refractivity contribution in [1.82, 2.24) is 10.2 Å². The van der Waals surface area contributed by atoms with Crippen LogP contribution in [0.3, 0.4) is 0 Å². The normalized spacial score (nSPS) is 14.9. The molecule has 0 bridgehead atoms. The van der Waals surface area contributed by atoms with Crippen molar-refractivity contribution >= 4 is 5.91 Å². The topological polar surface area (TPSA) is 58.4 Å². The summed E-state index contributed by atoms with van der Waals surface area (Å²) < 4.78 is 0. The number of nitrogens with two attached hydrogens (primary N) is 1. The van der Waals surface area contributed by atoms with Crippen molar-refractivity contribution in [3.8, 4) is 0 Å². The van der Waals surface area contributed by atoms with Gasteiger partial charge in [0.05, 0.1) is 6.04 Å². The van der Waals surface area contributed by atoms with Crippen molar-refractivity contribution in [3.63, 3.8) is 0 Å². The zero-order valence-corrected chi connectivity index (χ0v) is 11.8. The summed E-state index contributed by atoms with van der Waals surface area (Å²) >= 11 is 0. The van der Waals surface area contributed by atoms with Crippen LogP contribution in [0.5, 0.6) is 0 Å². The number of nitrogens with zero attached hydrogens (tertiary/aromatic N) is 1. The minimum Gasteiger partial charge on any atom is -0.368 e. The van der Waals surface area contributed by atoms with E-state index >= 15 is 0 Å². The number of hydrogen-bond acceptors (Lipinski definition) is 3. The lowest BCUT2D eigenvalue weighted by molar-refractivity contribution is -0.120. The molecular weight excluding hydrogens is 214 g/mol. The summed E-state index contributed by atoms with van der Waals surface area (Å²) in [5.41, 5.74) is 5.32. The first-order chi connectivity index (χ1) is 8.06. The molecule has 0 aromatic carbocycles. The van der Waals surface area contributed by atoms with Crippen LogP contribution < -0.4 is 11.1 Å². The highest BCUT2D eigenvalue weighted by atomic mass is 16.1. The fourth-order valence-corrected chi connectivity index (χ4v) is 1.90. The van der Waals surface area contributed by atoms with Gasteiger partial charge in [-0.15, -0.1) is 0 Å². The summed E-state index contributed by atoms with van der Waals surface area (Å²) in [5, 5.41) is 2.97. The number of nitrogens with one attached hydrogen (secondary N) is 1. The van der Waals surface area contributed by atoms with Crippen LogP contribution in [0.25, 0.3) is 0 Å². The molecule has 0 saturated heterocycles. The van der Waals surface area contributed by atoms with E-state index in [-0.39, 0.29) is 11.9 Å². The summed E-state index contributed by atoms with van der Waals surface area (Å²) in [5.74, 6) is -0.257. The molecule has 4 heteroatoms. The maximum absolute atomic E-state index is 11.1. The molecule has 0 saturated carbocycles. The quantitative estimate of drug-likeness (QED) is 0.609. The number of unbranched alkanes of at least 4 members (excludes halogenated alkanes) is 1. The van der Waals surface area contributed by atoms with Crippen LogP contribution in [0.2, 0.25) is 0 Å². The van der Waals surface area contributed by atoms with Crippen LogP contribution in [0.15, 0.2) is 0 Å². The highest BCUT2D eigenvalue weighted by Crippen LogP contribution is 2.07. The van der Waals surface area contributed by atoms with Gasteiger partial charge in [0, 0.05) is 12.6 Å². The molecule has 0 aromatic heterocycles. The number of hydrogen-bond donors (Lipinski definition) is 2. The molecule has 0 fully saturated rings. The Morgan fingerprint density at radius 1 is 1.35 bits per heavy atom. The molecule has 0 aliphatic heterocycles. The van der Waals surface area contributed by atoms with E-state index in [1.165, 1.54) is 12.8 Å². The van der Waals surface area contributed by atoms with E-state index in [0.717, 1.165) is 25.9 Å². The van der Waals surface area contributed by atoms with Crippen LogP contribution >= 0.6 is 0 Å². The van der Waals surface area contributed by atoms with Gasteiger partial charge in [0.2, 0.25) is 5.91 Å². The molecule has 0 aliphatic rings. The molecule has 0 radical (unpaired) electrons. The molecule has 0 aromatic rings. The van der Waals surface area contributed by atoms with Crippen LogP contribution in [-0.2, 0) is 4.79 Å². The molecule has 0 rings (SSSR count). The summed E-state index contributed by atoms with van der Waals surface area (Å²) in [6, 6.07) is 0.370. The summed E-state index contributed by atoms with van der Waals surface area (Å²) in [6.07, 6.45) is 4.35. The average molecular weight is 243 g/mol. The van der Waals surface area contributed by atoms with E-state index in [4.69, 9.17) is 5.73 Å². The van der Waals surface area contributed by atoms with Gasteiger partial charge in [0.1, 0.15) is 0 Å². The van der Waals surface area contributed by atoms with E-state index in [0.29, 0.717) is 6.04 Å². The number of carbonyl (C=O) groups is 1. The third-order valence-corrected chi connectivity index (χ3v) is 3.41. The molecule has 1 amide bonds. The molecule has 2 unspecified atom stereocenters. The van der Waals surface area contributed by atoms with E-state index in [1.54, 1.807) is 7.05 Å². The summed E-state index contributed by atoms with van der Waals surface area (Å²) in [4.78, 5) is 13.6. The van der Waals surface area contributed by atoms with Crippen molar-refractivity contribution in [3.05, 3.63) is 0 Å². The molecule has 2 atom stereocenters. The molecule has 0 heterocycles. The van der Waals surface area contributed by atoms with E-state index in [9.17, 15) is 4.79 Å². The van der Waals surface area contributed by atoms with Gasteiger partial charge in [-0.05, 0) is 39.8 Å². The van der Waals surface area contributed by atoms with Gasteiger partial charge in [-0.3, -0.25) is 4.79 Å². The van der Waals surface area contributed by atoms with Crippen molar-refractivity contribution in [2.75, 3.05) is 20.1 Å². The van der Waals surface area contributed by atoms with Crippen molar-refractivity contribution in [1.29, 1.82) is 0 Å². The standard InChI is InChI=1S/C13H29N3O/c1-5-7-9-16(11(3)6-2)10-8-12(15-4)13(14)17/h11-12,15H,5-10H2,1-4H3,(H2,14,17). The van der Waals surface area contributed by atoms with E-state index < -0.39 is 0 Å². The van der Waals surface area contributed by atoms with Crippen molar-refractivity contribution < 1.29 is 4.79 Å². The lowest BCUT2D eigenvalue weighted by atomic mass is 10.1. The largest absolute Gasteiger partial charge is 0.368 e. The Hall–Kier alpha value is -0.610. The summed E-state index contributed by atoms with van der Waals surface area (Å²) in [7, 11) is 1.79. The van der Waals surface area contributed by atoms with Gasteiger partial charge < -0.3 is 16.0 Å². The Balaban J connectivity index is 4.17. The molecule has 4 nitrogen and oxygen atoms in total. The minimum atomic E-state index is -0.257. The zero-order chi connectivity index (χ0) is 13.3. The lowest BCUT2D eigenvalue weighted by Gasteiger charge is -2.29. The first kappa shape index (κ1) is 16.4. The minimum absolute atomic E-state index is 0.205. The fraction of sp³-hybridized carbons (Fsp3) is 0.923. The Morgan fingerprint density at radius 3 is 2.41 bits per heavy atom. The van der Waals surface area contributed by atoms with Gasteiger partial charge >= 0.3 is 0 Å². The van der Waals surface area contributed by atoms with Gasteiger partial charge in [-0.2, -0.15) is 0 Å². The highest BCUT2D eigenvalue weighted by molar-refractivity contribution is 5.79. The zero-order valence-electron chi connectivity index (χ0n) is 11.8. The Kier molecular flexibility index (Phi) is 9.09. The van der Waals surface area contributed by atoms with Gasteiger partial charge in [0.25, 0.3) is 0 Å². The second-order valence-electron chi connectivity index (χ2n) is 4.68. The predicted molar refractivity (Wildman–Crippen MR) is 72.9 cm³/mol. The smallest absolute Gasteiger partial charge is 0.234 e. The first-order valence-electron chi connectivity index (χ1n) is 6.77. The Labute approximate surface area is 106 Å². The third kappa shape index (κ3) is 6.64. The van der Waals surface area contributed by atoms with Crippen molar-refractivity contribution in [2.24, 2.45) is 5.73 Å². The van der Waals surface area contributed by atoms with Gasteiger partial charge in [0.15, 0.2) is 0 Å². The number of amides is 1. The van der Waals surface area contributed by atoms with E-state index in [2.05, 4.69) is 31.0 Å². The molecule has 3 N–H and O–H groups in total. The maximum Gasteiger partial charge on any atom is 0.234 e. The van der Waals surface area contributed by atoms with E-state index in [1.807, 2.05) is 0 Å². The van der Waals surface area contributed by atoms with Crippen LogP contribution in [0.4, 0.5) is 0 Å². The lowest BCUT2D eigenvalue weighted by Crippen LogP contribution is -2.43. The fourth-order valence-electron chi connectivity index (χ4n) is 1.90. The Bertz CT molecular complexity index is 209. The molecule has 0 spiro atoms. The van der Waals surface area contributed by atoms with Crippen LogP contribution in [-0.4, -0.2) is 43.0 Å². The number of rotatable bonds is 10. The summed E-state index contributed by atoms with van der Waals surface area (Å²) in [6.45, 7) is 8.69. The third-order valence-electron chi connectivity index (χ3n) is 3.41. The Morgan fingerprint density at radius 2 is 2.00 bits per heavy atom. The van der Waals surface area contributed by atoms with Crippen LogP contribution in [0.1, 0.15) is 46.5 Å². The highest BCUT2D eigenvalue weighted by Gasteiger charge is 2.17. The second kappa shape index (κ2) is 9.42.